The van der Waals surface area contributed by atoms with E-state index in [-0.39, 0.29) is 28.4 Å². The normalized spacial score (nSPS) is 22.7. The van der Waals surface area contributed by atoms with E-state index in [1.54, 1.807) is 0 Å². The molecule has 1 aromatic rings. The van der Waals surface area contributed by atoms with Crippen molar-refractivity contribution in [1.29, 1.82) is 5.26 Å². The molecule has 3 N–H and O–H groups in total. The molecule has 8 nitrogen and oxygen atoms in total. The average Bonchev–Trinajstić information content (AvgIpc) is 2.94. The van der Waals surface area contributed by atoms with Crippen LogP contribution in [-0.4, -0.2) is 10.7 Å². The highest BCUT2D eigenvalue weighted by molar-refractivity contribution is 6.00. The summed E-state index contributed by atoms with van der Waals surface area (Å²) in [5, 5.41) is 23.3. The number of nitro groups is 1. The molecule has 2 aliphatic rings. The third-order valence-electron chi connectivity index (χ3n) is 4.27. The van der Waals surface area contributed by atoms with Crippen molar-refractivity contribution < 1.29 is 14.1 Å². The van der Waals surface area contributed by atoms with Crippen LogP contribution in [0.5, 0.6) is 0 Å². The Morgan fingerprint density at radius 3 is 2.75 bits per heavy atom. The number of nitrogens with one attached hydrogen (secondary N) is 1. The van der Waals surface area contributed by atoms with Gasteiger partial charge in [-0.1, -0.05) is 13.8 Å². The van der Waals surface area contributed by atoms with E-state index in [4.69, 9.17) is 10.2 Å². The Morgan fingerprint density at radius 2 is 2.17 bits per heavy atom. The van der Waals surface area contributed by atoms with Gasteiger partial charge in [-0.05, 0) is 17.9 Å². The fourth-order valence-corrected chi connectivity index (χ4v) is 3.32. The van der Waals surface area contributed by atoms with Gasteiger partial charge >= 0.3 is 5.88 Å². The van der Waals surface area contributed by atoms with E-state index in [2.05, 4.69) is 5.32 Å². The molecule has 1 atom stereocenters. The zero-order valence-electron chi connectivity index (χ0n) is 13.3. The lowest BCUT2D eigenvalue weighted by Crippen LogP contribution is -2.39. The van der Waals surface area contributed by atoms with Gasteiger partial charge < -0.3 is 15.5 Å². The van der Waals surface area contributed by atoms with Crippen LogP contribution in [0.25, 0.3) is 0 Å². The molecule has 8 heteroatoms. The first-order valence-corrected chi connectivity index (χ1v) is 7.40. The summed E-state index contributed by atoms with van der Waals surface area (Å²) in [6, 6.07) is 4.61. The highest BCUT2D eigenvalue weighted by Gasteiger charge is 2.43. The van der Waals surface area contributed by atoms with Crippen LogP contribution in [0.15, 0.2) is 39.2 Å². The zero-order chi connectivity index (χ0) is 17.6. The van der Waals surface area contributed by atoms with Gasteiger partial charge in [0.2, 0.25) is 0 Å². The largest absolute Gasteiger partial charge is 0.433 e. The number of nitrogens with two attached hydrogens (primary N) is 1. The molecule has 1 aromatic heterocycles. The van der Waals surface area contributed by atoms with Crippen LogP contribution in [0.4, 0.5) is 5.88 Å². The Kier molecular flexibility index (Phi) is 3.44. The molecular formula is C16H16N4O4. The second-order valence-electron chi connectivity index (χ2n) is 6.76. The molecule has 0 fully saturated rings. The minimum Gasteiger partial charge on any atom is -0.405 e. The standard InChI is InChI=1S/C16H16N4O4/c1-16(2)5-9-14(10(21)6-16)13(8(7-17)15(18)19-9)11-3-4-12(24-11)20(22)23/h3-4,13,19H,5-6,18H2,1-2H3. The maximum atomic E-state index is 12.7. The molecule has 0 bridgehead atoms. The van der Waals surface area contributed by atoms with E-state index in [0.29, 0.717) is 24.1 Å². The van der Waals surface area contributed by atoms with Gasteiger partial charge in [0.1, 0.15) is 16.5 Å². The van der Waals surface area contributed by atoms with Gasteiger partial charge in [-0.15, -0.1) is 0 Å². The minimum atomic E-state index is -0.816. The molecule has 3 rings (SSSR count). The molecule has 0 saturated carbocycles. The first-order valence-electron chi connectivity index (χ1n) is 7.40. The van der Waals surface area contributed by atoms with Crippen molar-refractivity contribution >= 4 is 11.7 Å². The number of ketones is 1. The molecule has 1 unspecified atom stereocenters. The lowest BCUT2D eigenvalue weighted by atomic mass is 9.70. The first-order chi connectivity index (χ1) is 11.2. The fraction of sp³-hybridized carbons (Fsp3) is 0.375. The number of carbonyl (C=O) groups excluding carboxylic acids is 1. The van der Waals surface area contributed by atoms with Crippen molar-refractivity contribution in [1.82, 2.24) is 5.32 Å². The molecule has 0 saturated heterocycles. The molecule has 1 aliphatic heterocycles. The Morgan fingerprint density at radius 1 is 1.46 bits per heavy atom. The van der Waals surface area contributed by atoms with E-state index >= 15 is 0 Å². The number of allylic oxidation sites excluding steroid dienone is 3. The highest BCUT2D eigenvalue weighted by Crippen LogP contribution is 2.46. The van der Waals surface area contributed by atoms with Crippen LogP contribution < -0.4 is 11.1 Å². The van der Waals surface area contributed by atoms with E-state index in [1.807, 2.05) is 19.9 Å². The van der Waals surface area contributed by atoms with Gasteiger partial charge in [0.25, 0.3) is 0 Å². The Bertz CT molecular complexity index is 854. The topological polar surface area (TPSA) is 135 Å². The molecule has 124 valence electrons. The van der Waals surface area contributed by atoms with Crippen molar-refractivity contribution in [2.45, 2.75) is 32.6 Å². The maximum absolute atomic E-state index is 12.7. The number of carbonyl (C=O) groups is 1. The van der Waals surface area contributed by atoms with Gasteiger partial charge in [0.15, 0.2) is 5.78 Å². The summed E-state index contributed by atoms with van der Waals surface area (Å²) in [6.07, 6.45) is 0.915. The molecule has 2 heterocycles. The van der Waals surface area contributed by atoms with Crippen LogP contribution in [0.3, 0.4) is 0 Å². The number of Topliss-reactive ketones (excluding diaryl/α,β-unsaturated/α-hetero) is 1. The number of hydrogen-bond donors (Lipinski definition) is 2. The third-order valence-corrected chi connectivity index (χ3v) is 4.27. The van der Waals surface area contributed by atoms with Gasteiger partial charge in [-0.3, -0.25) is 14.9 Å². The second-order valence-corrected chi connectivity index (χ2v) is 6.76. The summed E-state index contributed by atoms with van der Waals surface area (Å²) >= 11 is 0. The van der Waals surface area contributed by atoms with Crippen molar-refractivity contribution in [3.63, 3.8) is 0 Å². The summed E-state index contributed by atoms with van der Waals surface area (Å²) in [5.41, 5.74) is 6.91. The van der Waals surface area contributed by atoms with Crippen LogP contribution >= 0.6 is 0 Å². The van der Waals surface area contributed by atoms with E-state index < -0.39 is 16.7 Å². The fourth-order valence-electron chi connectivity index (χ4n) is 3.32. The average molecular weight is 328 g/mol. The lowest BCUT2D eigenvalue weighted by molar-refractivity contribution is -0.402. The molecule has 1 aliphatic carbocycles. The highest BCUT2D eigenvalue weighted by atomic mass is 16.6. The Balaban J connectivity index is 2.16. The first kappa shape index (κ1) is 15.8. The summed E-state index contributed by atoms with van der Waals surface area (Å²) < 4.78 is 5.26. The van der Waals surface area contributed by atoms with Crippen LogP contribution in [-0.2, 0) is 4.79 Å². The molecule has 24 heavy (non-hydrogen) atoms. The van der Waals surface area contributed by atoms with Crippen molar-refractivity contribution in [2.75, 3.05) is 0 Å². The van der Waals surface area contributed by atoms with Crippen molar-refractivity contribution in [3.8, 4) is 6.07 Å². The Hall–Kier alpha value is -3.08. The van der Waals surface area contributed by atoms with E-state index in [1.165, 1.54) is 12.1 Å². The SMILES string of the molecule is CC1(C)CC(=O)C2=C(C1)NC(N)=C(C#N)C2c1ccc([N+](=O)[O-])o1. The monoisotopic (exact) mass is 328 g/mol. The third kappa shape index (κ3) is 2.44. The smallest absolute Gasteiger partial charge is 0.405 e. The minimum absolute atomic E-state index is 0.113. The number of rotatable bonds is 2. The van der Waals surface area contributed by atoms with Gasteiger partial charge in [-0.25, -0.2) is 0 Å². The van der Waals surface area contributed by atoms with Crippen molar-refractivity contribution in [3.05, 3.63) is 50.7 Å². The molecule has 0 amide bonds. The number of dihydropyridines is 1. The molecule has 0 spiro atoms. The lowest BCUT2D eigenvalue weighted by Gasteiger charge is -2.37. The summed E-state index contributed by atoms with van der Waals surface area (Å²) in [7, 11) is 0. The number of furan rings is 1. The van der Waals surface area contributed by atoms with Crippen LogP contribution in [0.2, 0.25) is 0 Å². The van der Waals surface area contributed by atoms with Gasteiger partial charge in [0, 0.05) is 17.7 Å². The van der Waals surface area contributed by atoms with Crippen molar-refractivity contribution in [2.24, 2.45) is 11.1 Å². The second kappa shape index (κ2) is 5.23. The molecule has 0 aromatic carbocycles. The summed E-state index contributed by atoms with van der Waals surface area (Å²) in [5.74, 6) is -1.05. The summed E-state index contributed by atoms with van der Waals surface area (Å²) in [6.45, 7) is 3.95. The maximum Gasteiger partial charge on any atom is 0.433 e. The number of nitrogens with zero attached hydrogens (tertiary/aromatic N) is 2. The van der Waals surface area contributed by atoms with E-state index in [0.717, 1.165) is 0 Å². The quantitative estimate of drug-likeness (QED) is 0.627. The molecule has 0 radical (unpaired) electrons. The predicted octanol–water partition coefficient (Wildman–Crippen LogP) is 2.21. The summed E-state index contributed by atoms with van der Waals surface area (Å²) in [4.78, 5) is 22.9. The zero-order valence-corrected chi connectivity index (χ0v) is 13.3. The predicted molar refractivity (Wildman–Crippen MR) is 83.1 cm³/mol. The van der Waals surface area contributed by atoms with Gasteiger partial charge in [-0.2, -0.15) is 5.26 Å². The van der Waals surface area contributed by atoms with E-state index in [9.17, 15) is 20.2 Å². The Labute approximate surface area is 137 Å². The van der Waals surface area contributed by atoms with Crippen LogP contribution in [0.1, 0.15) is 38.4 Å². The number of nitriles is 1. The van der Waals surface area contributed by atoms with Crippen LogP contribution in [0, 0.1) is 26.9 Å². The number of hydrogen-bond acceptors (Lipinski definition) is 7. The van der Waals surface area contributed by atoms with Gasteiger partial charge in [0.05, 0.1) is 23.6 Å². The molecular weight excluding hydrogens is 312 g/mol.